The van der Waals surface area contributed by atoms with Gasteiger partial charge in [0.05, 0.1) is 0 Å². The van der Waals surface area contributed by atoms with Crippen LogP contribution < -0.4 is 21.7 Å². The highest BCUT2D eigenvalue weighted by Gasteiger charge is 2.21. The fraction of sp³-hybridized carbons (Fsp3) is 0.217. The maximum Gasteiger partial charge on any atom is 0.332 e. The van der Waals surface area contributed by atoms with Gasteiger partial charge < -0.3 is 10.5 Å². The molecule has 0 fully saturated rings. The lowest BCUT2D eigenvalue weighted by Gasteiger charge is -2.14. The van der Waals surface area contributed by atoms with E-state index in [1.807, 2.05) is 6.92 Å². The molecule has 0 spiro atoms. The molecule has 0 aliphatic carbocycles. The van der Waals surface area contributed by atoms with Gasteiger partial charge in [-0.3, -0.25) is 23.5 Å². The zero-order valence-electron chi connectivity index (χ0n) is 17.6. The summed E-state index contributed by atoms with van der Waals surface area (Å²) in [4.78, 5) is 49.9. The van der Waals surface area contributed by atoms with Crippen LogP contribution in [0.2, 0.25) is 5.02 Å². The van der Waals surface area contributed by atoms with E-state index in [1.165, 1.54) is 11.6 Å². The Labute approximate surface area is 188 Å². The summed E-state index contributed by atoms with van der Waals surface area (Å²) >= 11 is 5.85. The lowest BCUT2D eigenvalue weighted by molar-refractivity contribution is 0.0918. The zero-order valence-corrected chi connectivity index (χ0v) is 18.4. The van der Waals surface area contributed by atoms with Gasteiger partial charge in [-0.25, -0.2) is 4.79 Å². The van der Waals surface area contributed by atoms with Crippen molar-refractivity contribution in [3.63, 3.8) is 0 Å². The summed E-state index contributed by atoms with van der Waals surface area (Å²) in [5.74, 6) is -0.659. The molecule has 1 heterocycles. The van der Waals surface area contributed by atoms with Crippen LogP contribution in [0.25, 0.3) is 0 Å². The van der Waals surface area contributed by atoms with Crippen molar-refractivity contribution in [2.24, 2.45) is 7.05 Å². The van der Waals surface area contributed by atoms with E-state index in [-0.39, 0.29) is 23.7 Å². The molecule has 166 valence electrons. The van der Waals surface area contributed by atoms with Crippen LogP contribution in [0, 0.1) is 0 Å². The van der Waals surface area contributed by atoms with Crippen molar-refractivity contribution in [1.82, 2.24) is 9.13 Å². The van der Waals surface area contributed by atoms with Gasteiger partial charge in [-0.2, -0.15) is 0 Å². The van der Waals surface area contributed by atoms with Gasteiger partial charge in [0.15, 0.2) is 12.4 Å². The van der Waals surface area contributed by atoms with Gasteiger partial charge in [-0.1, -0.05) is 18.5 Å². The Hall–Kier alpha value is -3.65. The summed E-state index contributed by atoms with van der Waals surface area (Å²) in [5.41, 5.74) is 5.26. The van der Waals surface area contributed by atoms with E-state index >= 15 is 0 Å². The Morgan fingerprint density at radius 1 is 1.00 bits per heavy atom. The molecule has 2 N–H and O–H groups in total. The number of hydrogen-bond donors (Lipinski definition) is 1. The first kappa shape index (κ1) is 23.0. The van der Waals surface area contributed by atoms with E-state index in [2.05, 4.69) is 0 Å². The minimum Gasteiger partial charge on any atom is -0.485 e. The Morgan fingerprint density at radius 3 is 2.12 bits per heavy atom. The first-order valence-corrected chi connectivity index (χ1v) is 10.3. The number of rotatable bonds is 8. The summed E-state index contributed by atoms with van der Waals surface area (Å²) in [5, 5.41) is 0.538. The van der Waals surface area contributed by atoms with Crippen molar-refractivity contribution in [1.29, 1.82) is 0 Å². The fourth-order valence-electron chi connectivity index (χ4n) is 3.18. The molecule has 1 aromatic heterocycles. The minimum absolute atomic E-state index is 0.169. The maximum atomic E-state index is 12.7. The number of carbonyl (C=O) groups excluding carboxylic acids is 2. The standard InChI is InChI=1S/C23H22ClN3O5/c1-3-12-27-21(25)19(22(30)26(2)23(27)31)18(28)13-32-17-10-6-15(7-11-17)20(29)14-4-8-16(24)9-5-14/h4-11H,3,12-13,25H2,1-2H3. The normalized spacial score (nSPS) is 10.7. The molecule has 9 heteroatoms. The summed E-state index contributed by atoms with van der Waals surface area (Å²) in [6, 6.07) is 12.8. The number of nitrogen functional groups attached to an aromatic ring is 1. The number of anilines is 1. The van der Waals surface area contributed by atoms with Gasteiger partial charge in [-0.15, -0.1) is 0 Å². The average Bonchev–Trinajstić information content (AvgIpc) is 2.79. The predicted molar refractivity (Wildman–Crippen MR) is 122 cm³/mol. The molecule has 0 bridgehead atoms. The topological polar surface area (TPSA) is 113 Å². The van der Waals surface area contributed by atoms with Crippen LogP contribution in [0.4, 0.5) is 5.82 Å². The summed E-state index contributed by atoms with van der Waals surface area (Å²) in [6.07, 6.45) is 0.605. The van der Waals surface area contributed by atoms with Gasteiger partial charge in [0.1, 0.15) is 17.1 Å². The van der Waals surface area contributed by atoms with Crippen LogP contribution >= 0.6 is 11.6 Å². The maximum absolute atomic E-state index is 12.7. The SMILES string of the molecule is CCCn1c(N)c(C(=O)COc2ccc(C(=O)c3ccc(Cl)cc3)cc2)c(=O)n(C)c1=O. The third-order valence-corrected chi connectivity index (χ3v) is 5.15. The van der Waals surface area contributed by atoms with Crippen LogP contribution in [0.1, 0.15) is 39.6 Å². The monoisotopic (exact) mass is 455 g/mol. The molecule has 0 aliphatic heterocycles. The average molecular weight is 456 g/mol. The number of ether oxygens (including phenoxy) is 1. The number of nitrogens with two attached hydrogens (primary N) is 1. The molecule has 0 radical (unpaired) electrons. The van der Waals surface area contributed by atoms with Crippen molar-refractivity contribution in [3.05, 3.63) is 91.1 Å². The third kappa shape index (κ3) is 4.65. The minimum atomic E-state index is -0.766. The number of nitrogens with zero attached hydrogens (tertiary/aromatic N) is 2. The molecule has 0 amide bonds. The van der Waals surface area contributed by atoms with Gasteiger partial charge in [-0.05, 0) is 55.0 Å². The number of carbonyl (C=O) groups is 2. The van der Waals surface area contributed by atoms with E-state index in [4.69, 9.17) is 22.1 Å². The van der Waals surface area contributed by atoms with E-state index < -0.39 is 23.6 Å². The van der Waals surface area contributed by atoms with Gasteiger partial charge in [0, 0.05) is 29.7 Å². The second-order valence-electron chi connectivity index (χ2n) is 7.13. The van der Waals surface area contributed by atoms with E-state index in [0.29, 0.717) is 28.3 Å². The van der Waals surface area contributed by atoms with E-state index in [0.717, 1.165) is 4.57 Å². The summed E-state index contributed by atoms with van der Waals surface area (Å²) < 4.78 is 7.55. The highest BCUT2D eigenvalue weighted by Crippen LogP contribution is 2.18. The van der Waals surface area contributed by atoms with E-state index in [1.54, 1.807) is 48.5 Å². The van der Waals surface area contributed by atoms with Gasteiger partial charge >= 0.3 is 5.69 Å². The van der Waals surface area contributed by atoms with Crippen LogP contribution in [-0.4, -0.2) is 27.3 Å². The molecule has 32 heavy (non-hydrogen) atoms. The van der Waals surface area contributed by atoms with Crippen LogP contribution in [0.15, 0.2) is 58.1 Å². The second-order valence-corrected chi connectivity index (χ2v) is 7.57. The Balaban J connectivity index is 1.76. The molecular formula is C23H22ClN3O5. The molecule has 0 saturated heterocycles. The molecular weight excluding hydrogens is 434 g/mol. The van der Waals surface area contributed by atoms with Gasteiger partial charge in [0.25, 0.3) is 5.56 Å². The van der Waals surface area contributed by atoms with Crippen molar-refractivity contribution >= 4 is 29.0 Å². The number of hydrogen-bond acceptors (Lipinski definition) is 6. The predicted octanol–water partition coefficient (Wildman–Crippen LogP) is 2.69. The Morgan fingerprint density at radius 2 is 1.56 bits per heavy atom. The number of aromatic nitrogens is 2. The Kier molecular flexibility index (Phi) is 6.95. The number of ketones is 2. The lowest BCUT2D eigenvalue weighted by atomic mass is 10.0. The fourth-order valence-corrected chi connectivity index (χ4v) is 3.30. The molecule has 0 unspecified atom stereocenters. The third-order valence-electron chi connectivity index (χ3n) is 4.90. The summed E-state index contributed by atoms with van der Waals surface area (Å²) in [6.45, 7) is 1.68. The molecule has 0 saturated carbocycles. The lowest BCUT2D eigenvalue weighted by Crippen LogP contribution is -2.43. The number of Topliss-reactive ketones (excluding diaryl/α,β-unsaturated/α-hetero) is 1. The molecule has 8 nitrogen and oxygen atoms in total. The molecule has 3 rings (SSSR count). The highest BCUT2D eigenvalue weighted by atomic mass is 35.5. The second kappa shape index (κ2) is 9.65. The van der Waals surface area contributed by atoms with Crippen LogP contribution in [0.5, 0.6) is 5.75 Å². The van der Waals surface area contributed by atoms with Gasteiger partial charge in [0.2, 0.25) is 5.78 Å². The zero-order chi connectivity index (χ0) is 23.4. The molecule has 0 atom stereocenters. The quantitative estimate of drug-likeness (QED) is 0.522. The van der Waals surface area contributed by atoms with Crippen LogP contribution in [0.3, 0.4) is 0 Å². The molecule has 3 aromatic rings. The first-order valence-electron chi connectivity index (χ1n) is 9.90. The van der Waals surface area contributed by atoms with Crippen molar-refractivity contribution in [2.75, 3.05) is 12.3 Å². The van der Waals surface area contributed by atoms with Crippen LogP contribution in [-0.2, 0) is 13.6 Å². The smallest absolute Gasteiger partial charge is 0.332 e. The largest absolute Gasteiger partial charge is 0.485 e. The Bertz CT molecular complexity index is 1280. The van der Waals surface area contributed by atoms with Crippen molar-refractivity contribution < 1.29 is 14.3 Å². The molecule has 2 aromatic carbocycles. The van der Waals surface area contributed by atoms with Crippen molar-refractivity contribution in [3.8, 4) is 5.75 Å². The number of halogens is 1. The highest BCUT2D eigenvalue weighted by molar-refractivity contribution is 6.30. The number of benzene rings is 2. The first-order chi connectivity index (χ1) is 15.2. The van der Waals surface area contributed by atoms with E-state index in [9.17, 15) is 19.2 Å². The summed E-state index contributed by atoms with van der Waals surface area (Å²) in [7, 11) is 1.30. The van der Waals surface area contributed by atoms with Crippen molar-refractivity contribution in [2.45, 2.75) is 19.9 Å². The molecule has 0 aliphatic rings.